The summed E-state index contributed by atoms with van der Waals surface area (Å²) in [6.07, 6.45) is 4.36. The highest BCUT2D eigenvalue weighted by Crippen LogP contribution is 2.31. The van der Waals surface area contributed by atoms with Gasteiger partial charge in [0.1, 0.15) is 17.4 Å². The number of imidazole rings is 1. The monoisotopic (exact) mass is 323 g/mol. The van der Waals surface area contributed by atoms with Crippen LogP contribution in [-0.4, -0.2) is 33.9 Å². The first kappa shape index (κ1) is 11.8. The highest BCUT2D eigenvalue weighted by molar-refractivity contribution is 9.10. The molecule has 4 rings (SSSR count). The van der Waals surface area contributed by atoms with Crippen LogP contribution in [0.1, 0.15) is 24.8 Å². The van der Waals surface area contributed by atoms with E-state index in [1.165, 1.54) is 0 Å². The van der Waals surface area contributed by atoms with Crippen LogP contribution in [0.2, 0.25) is 0 Å². The Morgan fingerprint density at radius 1 is 1.42 bits per heavy atom. The predicted molar refractivity (Wildman–Crippen MR) is 72.9 cm³/mol. The van der Waals surface area contributed by atoms with E-state index in [2.05, 4.69) is 25.5 Å². The lowest BCUT2D eigenvalue weighted by Gasteiger charge is -2.11. The van der Waals surface area contributed by atoms with Crippen molar-refractivity contribution in [2.45, 2.75) is 31.6 Å². The molecule has 0 bridgehead atoms. The summed E-state index contributed by atoms with van der Waals surface area (Å²) < 4.78 is 14.2. The molecule has 2 fully saturated rings. The third-order valence-corrected chi connectivity index (χ3v) is 4.02. The maximum atomic E-state index is 5.78. The maximum Gasteiger partial charge on any atom is 0.160 e. The van der Waals surface area contributed by atoms with Gasteiger partial charge in [-0.2, -0.15) is 0 Å². The minimum absolute atomic E-state index is 0.103. The highest BCUT2D eigenvalue weighted by Gasteiger charge is 2.29. The van der Waals surface area contributed by atoms with E-state index in [9.17, 15) is 0 Å². The number of pyridine rings is 1. The number of ether oxygens (including phenoxy) is 2. The molecule has 2 atom stereocenters. The SMILES string of the molecule is Brc1cnc2c(c1)nc([C@H]1CCCO1)n2C[C@H]1CO1. The molecule has 5 nitrogen and oxygen atoms in total. The lowest BCUT2D eigenvalue weighted by atomic mass is 10.2. The third kappa shape index (κ3) is 2.17. The zero-order valence-corrected chi connectivity index (χ0v) is 12.0. The number of hydrogen-bond acceptors (Lipinski definition) is 4. The van der Waals surface area contributed by atoms with Crippen LogP contribution in [0.4, 0.5) is 0 Å². The molecule has 0 N–H and O–H groups in total. The largest absolute Gasteiger partial charge is 0.371 e. The van der Waals surface area contributed by atoms with Crippen molar-refractivity contribution >= 4 is 27.1 Å². The van der Waals surface area contributed by atoms with E-state index in [0.29, 0.717) is 6.10 Å². The molecule has 0 amide bonds. The second-order valence-electron chi connectivity index (χ2n) is 5.03. The predicted octanol–water partition coefficient (Wildman–Crippen LogP) is 2.44. The number of nitrogens with zero attached hydrogens (tertiary/aromatic N) is 3. The van der Waals surface area contributed by atoms with Crippen LogP contribution >= 0.6 is 15.9 Å². The lowest BCUT2D eigenvalue weighted by molar-refractivity contribution is 0.102. The Morgan fingerprint density at radius 3 is 3.05 bits per heavy atom. The molecule has 0 aromatic carbocycles. The number of fused-ring (bicyclic) bond motifs is 1. The van der Waals surface area contributed by atoms with Gasteiger partial charge in [-0.3, -0.25) is 0 Å². The smallest absolute Gasteiger partial charge is 0.160 e. The van der Waals surface area contributed by atoms with E-state index >= 15 is 0 Å². The van der Waals surface area contributed by atoms with E-state index in [1.807, 2.05) is 12.3 Å². The molecule has 2 saturated heterocycles. The first-order valence-electron chi connectivity index (χ1n) is 6.56. The summed E-state index contributed by atoms with van der Waals surface area (Å²) in [5.41, 5.74) is 1.84. The van der Waals surface area contributed by atoms with E-state index in [1.54, 1.807) is 0 Å². The third-order valence-electron chi connectivity index (χ3n) is 3.59. The molecule has 4 heterocycles. The summed E-state index contributed by atoms with van der Waals surface area (Å²) in [5.74, 6) is 0.994. The van der Waals surface area contributed by atoms with Crippen LogP contribution in [0.3, 0.4) is 0 Å². The normalized spacial score (nSPS) is 26.2. The summed E-state index contributed by atoms with van der Waals surface area (Å²) in [6, 6.07) is 2.00. The van der Waals surface area contributed by atoms with E-state index in [0.717, 1.165) is 54.1 Å². The first-order valence-corrected chi connectivity index (χ1v) is 7.35. The quantitative estimate of drug-likeness (QED) is 0.814. The number of halogens is 1. The van der Waals surface area contributed by atoms with Gasteiger partial charge in [0.2, 0.25) is 0 Å². The molecule has 100 valence electrons. The zero-order valence-electron chi connectivity index (χ0n) is 10.4. The van der Waals surface area contributed by atoms with Gasteiger partial charge in [-0.05, 0) is 34.8 Å². The van der Waals surface area contributed by atoms with Crippen molar-refractivity contribution < 1.29 is 9.47 Å². The second-order valence-corrected chi connectivity index (χ2v) is 5.95. The van der Waals surface area contributed by atoms with Gasteiger partial charge < -0.3 is 14.0 Å². The minimum atomic E-state index is 0.103. The van der Waals surface area contributed by atoms with E-state index < -0.39 is 0 Å². The fourth-order valence-corrected chi connectivity index (χ4v) is 2.91. The molecule has 0 radical (unpaired) electrons. The fraction of sp³-hybridized carbons (Fsp3) is 0.538. The van der Waals surface area contributed by atoms with Crippen LogP contribution in [-0.2, 0) is 16.0 Å². The van der Waals surface area contributed by atoms with Gasteiger partial charge in [0.25, 0.3) is 0 Å². The van der Waals surface area contributed by atoms with Crippen molar-refractivity contribution in [3.05, 3.63) is 22.6 Å². The van der Waals surface area contributed by atoms with Crippen LogP contribution in [0.5, 0.6) is 0 Å². The zero-order chi connectivity index (χ0) is 12.8. The summed E-state index contributed by atoms with van der Waals surface area (Å²) in [6.45, 7) is 2.48. The fourth-order valence-electron chi connectivity index (χ4n) is 2.59. The number of hydrogen-bond donors (Lipinski definition) is 0. The topological polar surface area (TPSA) is 52.5 Å². The van der Waals surface area contributed by atoms with Gasteiger partial charge >= 0.3 is 0 Å². The lowest BCUT2D eigenvalue weighted by Crippen LogP contribution is -2.12. The highest BCUT2D eigenvalue weighted by atomic mass is 79.9. The minimum Gasteiger partial charge on any atom is -0.371 e. The maximum absolute atomic E-state index is 5.78. The Balaban J connectivity index is 1.83. The Morgan fingerprint density at radius 2 is 2.32 bits per heavy atom. The van der Waals surface area contributed by atoms with Gasteiger partial charge in [-0.15, -0.1) is 0 Å². The summed E-state index contributed by atoms with van der Waals surface area (Å²) in [7, 11) is 0. The molecule has 0 spiro atoms. The van der Waals surface area contributed by atoms with E-state index in [-0.39, 0.29) is 6.10 Å². The average Bonchev–Trinajstić information content (AvgIpc) is 2.93. The Kier molecular flexibility index (Phi) is 2.82. The first-order chi connectivity index (χ1) is 9.31. The van der Waals surface area contributed by atoms with Crippen LogP contribution < -0.4 is 0 Å². The summed E-state index contributed by atoms with van der Waals surface area (Å²) in [5, 5.41) is 0. The van der Waals surface area contributed by atoms with Gasteiger partial charge in [0.05, 0.1) is 19.3 Å². The standard InChI is InChI=1S/C13H14BrN3O2/c14-8-4-10-12(15-5-8)17(6-9-7-19-9)13(16-10)11-2-1-3-18-11/h4-5,9,11H,1-3,6-7H2/t9-,11+/m0/s1. The molecular formula is C13H14BrN3O2. The average molecular weight is 324 g/mol. The van der Waals surface area contributed by atoms with Crippen LogP contribution in [0.25, 0.3) is 11.2 Å². The van der Waals surface area contributed by atoms with E-state index in [4.69, 9.17) is 14.5 Å². The van der Waals surface area contributed by atoms with Crippen LogP contribution in [0, 0.1) is 0 Å². The van der Waals surface area contributed by atoms with Gasteiger partial charge in [0.15, 0.2) is 5.65 Å². The number of aromatic nitrogens is 3. The number of rotatable bonds is 3. The summed E-state index contributed by atoms with van der Waals surface area (Å²) in [4.78, 5) is 9.22. The van der Waals surface area contributed by atoms with Gasteiger partial charge in [0, 0.05) is 17.3 Å². The summed E-state index contributed by atoms with van der Waals surface area (Å²) >= 11 is 3.45. The van der Waals surface area contributed by atoms with Gasteiger partial charge in [-0.25, -0.2) is 9.97 Å². The molecule has 2 aromatic rings. The molecule has 19 heavy (non-hydrogen) atoms. The second kappa shape index (κ2) is 4.54. The molecule has 0 aliphatic carbocycles. The van der Waals surface area contributed by atoms with Crippen molar-refractivity contribution in [3.8, 4) is 0 Å². The van der Waals surface area contributed by atoms with Crippen molar-refractivity contribution in [1.82, 2.24) is 14.5 Å². The molecule has 0 unspecified atom stereocenters. The number of epoxide rings is 1. The van der Waals surface area contributed by atoms with Crippen molar-refractivity contribution in [3.63, 3.8) is 0 Å². The van der Waals surface area contributed by atoms with Crippen molar-refractivity contribution in [2.24, 2.45) is 0 Å². The van der Waals surface area contributed by atoms with Crippen molar-refractivity contribution in [2.75, 3.05) is 13.2 Å². The van der Waals surface area contributed by atoms with Crippen molar-refractivity contribution in [1.29, 1.82) is 0 Å². The Hall–Kier alpha value is -0.980. The Labute approximate surface area is 119 Å². The molecule has 0 saturated carbocycles. The van der Waals surface area contributed by atoms with Crippen LogP contribution in [0.15, 0.2) is 16.7 Å². The molecule has 6 heteroatoms. The molecular weight excluding hydrogens is 310 g/mol. The van der Waals surface area contributed by atoms with Gasteiger partial charge in [-0.1, -0.05) is 0 Å². The molecule has 2 aliphatic heterocycles. The Bertz CT molecular complexity index is 618. The molecule has 2 aromatic heterocycles. The molecule has 2 aliphatic rings.